The number of carbonyl (C=O) groups excluding carboxylic acids is 1. The fourth-order valence-electron chi connectivity index (χ4n) is 6.17. The number of benzene rings is 3. The third-order valence-corrected chi connectivity index (χ3v) is 8.94. The van der Waals surface area contributed by atoms with Gasteiger partial charge < -0.3 is 35.1 Å². The highest BCUT2D eigenvalue weighted by Crippen LogP contribution is 2.42. The normalized spacial score (nSPS) is 19.3. The Morgan fingerprint density at radius 2 is 1.80 bits per heavy atom. The number of carboxylic acids is 1. The van der Waals surface area contributed by atoms with Crippen molar-refractivity contribution in [3.8, 4) is 16.9 Å². The summed E-state index contributed by atoms with van der Waals surface area (Å²) in [6.07, 6.45) is 2.77. The number of amides is 1. The maximum atomic E-state index is 15.6. The first-order chi connectivity index (χ1) is 21.2. The molecule has 1 amide bonds. The van der Waals surface area contributed by atoms with E-state index >= 15 is 4.39 Å². The van der Waals surface area contributed by atoms with Crippen molar-refractivity contribution in [2.45, 2.75) is 6.54 Å². The van der Waals surface area contributed by atoms with E-state index < -0.39 is 17.7 Å². The molecule has 3 N–H and O–H groups in total. The smallest absolute Gasteiger partial charge is 0.337 e. The van der Waals surface area contributed by atoms with Gasteiger partial charge in [0, 0.05) is 66.7 Å². The number of allylic oxidation sites excluding steroid dienone is 1. The van der Waals surface area contributed by atoms with Gasteiger partial charge in [-0.2, -0.15) is 0 Å². The van der Waals surface area contributed by atoms with Crippen molar-refractivity contribution in [3.63, 3.8) is 0 Å². The number of hydrogen-bond acceptors (Lipinski definition) is 7. The maximum Gasteiger partial charge on any atom is 0.337 e. The Bertz CT molecular complexity index is 1680. The Balaban J connectivity index is 1.30. The van der Waals surface area contributed by atoms with Crippen molar-refractivity contribution < 1.29 is 28.6 Å². The van der Waals surface area contributed by atoms with Gasteiger partial charge in [0.2, 0.25) is 0 Å². The molecule has 0 saturated carbocycles. The van der Waals surface area contributed by atoms with E-state index in [1.54, 1.807) is 49.6 Å². The van der Waals surface area contributed by atoms with Crippen LogP contribution in [0.15, 0.2) is 48.7 Å². The lowest BCUT2D eigenvalue weighted by molar-refractivity contribution is 0.0516. The number of nitrogens with one attached hydrogen (secondary N) is 2. The molecule has 44 heavy (non-hydrogen) atoms. The summed E-state index contributed by atoms with van der Waals surface area (Å²) in [6.45, 7) is 2.55. The summed E-state index contributed by atoms with van der Waals surface area (Å²) in [6, 6.07) is 11.1. The third-order valence-electron chi connectivity index (χ3n) is 8.34. The molecule has 3 aromatic rings. The number of anilines is 1. The first kappa shape index (κ1) is 29.9. The van der Waals surface area contributed by atoms with Gasteiger partial charge >= 0.3 is 5.97 Å². The topological polar surface area (TPSA) is 115 Å². The van der Waals surface area contributed by atoms with Gasteiger partial charge in [0.25, 0.3) is 5.91 Å². The van der Waals surface area contributed by atoms with Crippen LogP contribution in [0.3, 0.4) is 0 Å². The molecule has 0 aliphatic carbocycles. The monoisotopic (exact) mass is 638 g/mol. The molecule has 2 atom stereocenters. The van der Waals surface area contributed by atoms with E-state index in [0.29, 0.717) is 71.8 Å². The van der Waals surface area contributed by atoms with Gasteiger partial charge in [-0.15, -0.1) is 0 Å². The number of carboxylic acid groups (broad SMARTS) is 1. The number of nitrogens with zero attached hydrogens (tertiary/aromatic N) is 2. The molecule has 3 aliphatic rings. The predicted octanol–water partition coefficient (Wildman–Crippen LogP) is 5.78. The van der Waals surface area contributed by atoms with Crippen LogP contribution < -0.4 is 15.0 Å². The van der Waals surface area contributed by atoms with Crippen molar-refractivity contribution in [3.05, 3.63) is 86.8 Å². The van der Waals surface area contributed by atoms with Crippen LogP contribution in [0.5, 0.6) is 5.75 Å². The zero-order valence-electron chi connectivity index (χ0n) is 23.7. The number of fused-ring (bicyclic) bond motifs is 2. The van der Waals surface area contributed by atoms with Crippen LogP contribution >= 0.6 is 23.2 Å². The van der Waals surface area contributed by atoms with Gasteiger partial charge in [-0.05, 0) is 29.8 Å². The van der Waals surface area contributed by atoms with Crippen molar-refractivity contribution in [1.82, 2.24) is 10.2 Å². The van der Waals surface area contributed by atoms with Crippen LogP contribution in [-0.2, 0) is 11.3 Å². The lowest BCUT2D eigenvalue weighted by atomic mass is 9.97. The summed E-state index contributed by atoms with van der Waals surface area (Å²) >= 11 is 13.0. The zero-order valence-corrected chi connectivity index (χ0v) is 25.2. The highest BCUT2D eigenvalue weighted by atomic mass is 35.5. The van der Waals surface area contributed by atoms with E-state index in [1.807, 2.05) is 4.90 Å². The average Bonchev–Trinajstić information content (AvgIpc) is 3.61. The molecule has 3 heterocycles. The third kappa shape index (κ3) is 5.38. The number of aromatic carboxylic acids is 1. The molecule has 0 aromatic heterocycles. The first-order valence-electron chi connectivity index (χ1n) is 14.0. The second-order valence-electron chi connectivity index (χ2n) is 11.0. The van der Waals surface area contributed by atoms with E-state index in [4.69, 9.17) is 38.1 Å². The highest BCUT2D eigenvalue weighted by molar-refractivity contribution is 6.40. The van der Waals surface area contributed by atoms with E-state index in [9.17, 15) is 14.7 Å². The summed E-state index contributed by atoms with van der Waals surface area (Å²) in [5.74, 6) is -1.29. The van der Waals surface area contributed by atoms with Crippen LogP contribution in [0.2, 0.25) is 10.0 Å². The molecule has 228 valence electrons. The molecule has 2 fully saturated rings. The van der Waals surface area contributed by atoms with Gasteiger partial charge in [0.15, 0.2) is 6.73 Å². The number of ether oxygens (including phenoxy) is 2. The van der Waals surface area contributed by atoms with Gasteiger partial charge in [-0.3, -0.25) is 4.79 Å². The number of para-hydroxylation sites is 1. The van der Waals surface area contributed by atoms with Gasteiger partial charge in [0.1, 0.15) is 11.6 Å². The number of hydrogen-bond donors (Lipinski definition) is 3. The van der Waals surface area contributed by atoms with Crippen molar-refractivity contribution in [2.24, 2.45) is 11.8 Å². The maximum absolute atomic E-state index is 15.6. The van der Waals surface area contributed by atoms with E-state index in [2.05, 4.69) is 5.32 Å². The minimum atomic E-state index is -1.20. The predicted molar refractivity (Wildman–Crippen MR) is 166 cm³/mol. The lowest BCUT2D eigenvalue weighted by Gasteiger charge is -2.31. The Labute approximate surface area is 263 Å². The van der Waals surface area contributed by atoms with Crippen LogP contribution in [-0.4, -0.2) is 68.2 Å². The molecule has 0 bridgehead atoms. The first-order valence-corrected chi connectivity index (χ1v) is 14.8. The fourth-order valence-corrected chi connectivity index (χ4v) is 6.82. The number of halogens is 3. The van der Waals surface area contributed by atoms with Gasteiger partial charge in [-0.25, -0.2) is 9.18 Å². The molecule has 3 aromatic carbocycles. The lowest BCUT2D eigenvalue weighted by Crippen LogP contribution is -2.37. The fraction of sp³-hybridized carbons (Fsp3) is 0.281. The molecular weight excluding hydrogens is 610 g/mol. The summed E-state index contributed by atoms with van der Waals surface area (Å²) < 4.78 is 27.2. The molecule has 2 unspecified atom stereocenters. The van der Waals surface area contributed by atoms with Crippen molar-refractivity contribution >= 4 is 52.6 Å². The molecule has 0 radical (unpaired) electrons. The Kier molecular flexibility index (Phi) is 8.24. The molecule has 12 heteroatoms. The van der Waals surface area contributed by atoms with Crippen LogP contribution in [0.25, 0.3) is 16.7 Å². The second-order valence-corrected chi connectivity index (χ2v) is 11.8. The highest BCUT2D eigenvalue weighted by Gasteiger charge is 2.39. The number of rotatable bonds is 7. The van der Waals surface area contributed by atoms with Gasteiger partial charge in [-0.1, -0.05) is 41.4 Å². The van der Waals surface area contributed by atoms with E-state index in [0.717, 1.165) is 12.3 Å². The Morgan fingerprint density at radius 1 is 1.09 bits per heavy atom. The van der Waals surface area contributed by atoms with Crippen LogP contribution in [0, 0.1) is 23.1 Å². The minimum absolute atomic E-state index is 0.0939. The molecule has 0 spiro atoms. The summed E-state index contributed by atoms with van der Waals surface area (Å²) in [5, 5.41) is 20.7. The van der Waals surface area contributed by atoms with Crippen molar-refractivity contribution in [1.29, 1.82) is 5.41 Å². The van der Waals surface area contributed by atoms with Crippen LogP contribution in [0.4, 0.5) is 10.1 Å². The Hall–Kier alpha value is -4.12. The second kappa shape index (κ2) is 12.1. The largest absolute Gasteiger partial charge is 0.478 e. The molecule has 6 rings (SSSR count). The van der Waals surface area contributed by atoms with Crippen LogP contribution in [0.1, 0.15) is 31.8 Å². The SMILES string of the molecule is CN/C=C(\C=N)c1cc(Cl)c(C(=O)N2COc3c(cccc3-c3cc(N4CC5COCC5C4)c(C(=O)O)cc3F)C2)c(Cl)c1. The summed E-state index contributed by atoms with van der Waals surface area (Å²) in [5.41, 5.74) is 2.90. The molecule has 2 saturated heterocycles. The van der Waals surface area contributed by atoms with E-state index in [-0.39, 0.29) is 40.0 Å². The zero-order chi connectivity index (χ0) is 31.1. The summed E-state index contributed by atoms with van der Waals surface area (Å²) in [4.78, 5) is 29.1. The molecule has 9 nitrogen and oxygen atoms in total. The number of carbonyl (C=O) groups is 2. The minimum Gasteiger partial charge on any atom is -0.478 e. The molecule has 3 aliphatic heterocycles. The van der Waals surface area contributed by atoms with E-state index in [1.165, 1.54) is 4.90 Å². The standard InChI is InChI=1S/C32H29Cl2FN4O5/c1-37-10-19(9-36)18-5-25(33)29(26(34)6-18)31(40)39-11-17-3-2-4-22(30(17)44-16-39)23-8-28(24(32(41)42)7-27(23)35)38-12-20-14-43-15-21(20)13-38/h2-10,20-21,36-37H,11-16H2,1H3,(H,41,42)/b19-10+,36-9?. The van der Waals surface area contributed by atoms with Gasteiger partial charge in [0.05, 0.1) is 46.6 Å². The Morgan fingerprint density at radius 3 is 2.43 bits per heavy atom. The quantitative estimate of drug-likeness (QED) is 0.281. The summed E-state index contributed by atoms with van der Waals surface area (Å²) in [7, 11) is 1.70. The van der Waals surface area contributed by atoms with Crippen molar-refractivity contribution in [2.75, 3.05) is 45.0 Å². The average molecular weight is 640 g/mol. The molecular formula is C32H29Cl2FN4O5.